The molecule has 2 aliphatic heterocycles. The summed E-state index contributed by atoms with van der Waals surface area (Å²) in [7, 11) is 0. The molecule has 0 unspecified atom stereocenters. The average Bonchev–Trinajstić information content (AvgIpc) is 2.83. The zero-order chi connectivity index (χ0) is 14.8. The maximum Gasteiger partial charge on any atom is 0.303 e. The number of carboxylic acid groups (broad SMARTS) is 1. The van der Waals surface area contributed by atoms with Crippen molar-refractivity contribution >= 4 is 17.6 Å². The maximum atomic E-state index is 11.9. The Kier molecular flexibility index (Phi) is 3.66. The van der Waals surface area contributed by atoms with Crippen LogP contribution in [0.3, 0.4) is 0 Å². The highest BCUT2D eigenvalue weighted by atomic mass is 16.7. The normalized spacial score (nSPS) is 17.3. The van der Waals surface area contributed by atoms with Gasteiger partial charge >= 0.3 is 5.97 Å². The summed E-state index contributed by atoms with van der Waals surface area (Å²) >= 11 is 0. The minimum atomic E-state index is -0.788. The molecule has 7 heteroatoms. The second kappa shape index (κ2) is 5.61. The number of nitrogens with one attached hydrogen (secondary N) is 1. The van der Waals surface area contributed by atoms with Crippen molar-refractivity contribution in [1.29, 1.82) is 0 Å². The number of hydrogen-bond donors (Lipinski definition) is 2. The van der Waals surface area contributed by atoms with Crippen molar-refractivity contribution in [3.05, 3.63) is 18.2 Å². The summed E-state index contributed by atoms with van der Waals surface area (Å²) in [5.41, 5.74) is 0.659. The van der Waals surface area contributed by atoms with Crippen LogP contribution in [0.5, 0.6) is 11.5 Å². The molecule has 1 aromatic carbocycles. The van der Waals surface area contributed by atoms with Gasteiger partial charge in [0.05, 0.1) is 13.0 Å². The van der Waals surface area contributed by atoms with Crippen molar-refractivity contribution < 1.29 is 24.2 Å². The van der Waals surface area contributed by atoms with Gasteiger partial charge in [0.25, 0.3) is 0 Å². The van der Waals surface area contributed by atoms with Gasteiger partial charge in [0, 0.05) is 24.8 Å². The molecule has 0 aromatic heterocycles. The third-order valence-electron chi connectivity index (χ3n) is 3.52. The molecule has 2 heterocycles. The van der Waals surface area contributed by atoms with Crippen molar-refractivity contribution in [3.8, 4) is 11.5 Å². The smallest absolute Gasteiger partial charge is 0.303 e. The molecule has 1 aromatic rings. The van der Waals surface area contributed by atoms with Crippen LogP contribution in [0.1, 0.15) is 6.42 Å². The number of aliphatic carboxylic acids is 1. The van der Waals surface area contributed by atoms with Crippen molar-refractivity contribution in [2.45, 2.75) is 6.42 Å². The Bertz CT molecular complexity index is 568. The van der Waals surface area contributed by atoms with Crippen LogP contribution in [-0.2, 0) is 9.59 Å². The predicted octanol–water partition coefficient (Wildman–Crippen LogP) is 0.760. The molecule has 0 aliphatic carbocycles. The van der Waals surface area contributed by atoms with E-state index in [0.29, 0.717) is 30.3 Å². The summed E-state index contributed by atoms with van der Waals surface area (Å²) in [6, 6.07) is 5.24. The van der Waals surface area contributed by atoms with Crippen LogP contribution in [0, 0.1) is 5.92 Å². The first kappa shape index (κ1) is 13.7. The third-order valence-corrected chi connectivity index (χ3v) is 3.52. The Morgan fingerprint density at radius 2 is 2.05 bits per heavy atom. The number of hydrogen-bond acceptors (Lipinski definition) is 5. The molecule has 112 valence electrons. The van der Waals surface area contributed by atoms with Crippen molar-refractivity contribution in [3.63, 3.8) is 0 Å². The summed E-state index contributed by atoms with van der Waals surface area (Å²) in [6.07, 6.45) is 0.167. The number of likely N-dealkylation sites (tertiary alicyclic amines) is 1. The molecule has 1 saturated heterocycles. The number of ether oxygens (including phenoxy) is 2. The van der Waals surface area contributed by atoms with E-state index in [4.69, 9.17) is 14.6 Å². The Labute approximate surface area is 121 Å². The average molecular weight is 292 g/mol. The molecule has 2 N–H and O–H groups in total. The maximum absolute atomic E-state index is 11.9. The SMILES string of the molecule is O=C(O)CC1CN(CC(=O)Nc2ccc3c(c2)OCO3)C1. The summed E-state index contributed by atoms with van der Waals surface area (Å²) in [5, 5.41) is 11.5. The van der Waals surface area contributed by atoms with Crippen LogP contribution < -0.4 is 14.8 Å². The first-order valence-electron chi connectivity index (χ1n) is 6.74. The van der Waals surface area contributed by atoms with Crippen LogP contribution in [0.2, 0.25) is 0 Å². The predicted molar refractivity (Wildman–Crippen MR) is 73.4 cm³/mol. The van der Waals surface area contributed by atoms with Crippen LogP contribution in [0.4, 0.5) is 5.69 Å². The van der Waals surface area contributed by atoms with E-state index in [1.165, 1.54) is 0 Å². The van der Waals surface area contributed by atoms with Gasteiger partial charge in [-0.15, -0.1) is 0 Å². The molecule has 1 amide bonds. The number of carboxylic acids is 1. The molecule has 0 atom stereocenters. The minimum absolute atomic E-state index is 0.123. The number of fused-ring (bicyclic) bond motifs is 1. The van der Waals surface area contributed by atoms with Gasteiger partial charge in [-0.2, -0.15) is 0 Å². The van der Waals surface area contributed by atoms with Crippen molar-refractivity contribution in [2.24, 2.45) is 5.92 Å². The van der Waals surface area contributed by atoms with Crippen molar-refractivity contribution in [2.75, 3.05) is 31.7 Å². The third kappa shape index (κ3) is 3.25. The Morgan fingerprint density at radius 1 is 1.29 bits per heavy atom. The van der Waals surface area contributed by atoms with Crippen LogP contribution >= 0.6 is 0 Å². The lowest BCUT2D eigenvalue weighted by Gasteiger charge is -2.37. The molecule has 21 heavy (non-hydrogen) atoms. The lowest BCUT2D eigenvalue weighted by molar-refractivity contribution is -0.139. The van der Waals surface area contributed by atoms with Gasteiger partial charge in [0.1, 0.15) is 0 Å². The van der Waals surface area contributed by atoms with E-state index in [0.717, 1.165) is 0 Å². The molecule has 3 rings (SSSR count). The van der Waals surface area contributed by atoms with E-state index in [1.807, 2.05) is 4.90 Å². The number of carbonyl (C=O) groups is 2. The van der Waals surface area contributed by atoms with E-state index in [-0.39, 0.29) is 31.6 Å². The summed E-state index contributed by atoms with van der Waals surface area (Å²) in [4.78, 5) is 24.4. The molecule has 0 bridgehead atoms. The lowest BCUT2D eigenvalue weighted by Crippen LogP contribution is -2.50. The Morgan fingerprint density at radius 3 is 2.81 bits per heavy atom. The van der Waals surface area contributed by atoms with E-state index in [1.54, 1.807) is 18.2 Å². The van der Waals surface area contributed by atoms with E-state index in [2.05, 4.69) is 5.32 Å². The number of rotatable bonds is 5. The van der Waals surface area contributed by atoms with Crippen LogP contribution in [-0.4, -0.2) is 48.3 Å². The zero-order valence-electron chi connectivity index (χ0n) is 11.4. The quantitative estimate of drug-likeness (QED) is 0.833. The molecule has 1 fully saturated rings. The van der Waals surface area contributed by atoms with Gasteiger partial charge in [-0.25, -0.2) is 0 Å². The fourth-order valence-corrected chi connectivity index (χ4v) is 2.56. The Balaban J connectivity index is 1.46. The number of nitrogens with zero attached hydrogens (tertiary/aromatic N) is 1. The highest BCUT2D eigenvalue weighted by Crippen LogP contribution is 2.34. The van der Waals surface area contributed by atoms with E-state index in [9.17, 15) is 9.59 Å². The zero-order valence-corrected chi connectivity index (χ0v) is 11.4. The van der Waals surface area contributed by atoms with Crippen LogP contribution in [0.25, 0.3) is 0 Å². The van der Waals surface area contributed by atoms with Gasteiger partial charge < -0.3 is 19.9 Å². The first-order valence-corrected chi connectivity index (χ1v) is 6.74. The molecule has 2 aliphatic rings. The summed E-state index contributed by atoms with van der Waals surface area (Å²) < 4.78 is 10.4. The van der Waals surface area contributed by atoms with Gasteiger partial charge in [-0.1, -0.05) is 0 Å². The second-order valence-electron chi connectivity index (χ2n) is 5.27. The van der Waals surface area contributed by atoms with Gasteiger partial charge in [0.15, 0.2) is 11.5 Å². The van der Waals surface area contributed by atoms with E-state index < -0.39 is 5.97 Å². The molecule has 0 spiro atoms. The summed E-state index contributed by atoms with van der Waals surface area (Å²) in [6.45, 7) is 1.78. The first-order chi connectivity index (χ1) is 10.1. The van der Waals surface area contributed by atoms with Crippen molar-refractivity contribution in [1.82, 2.24) is 4.90 Å². The molecule has 0 radical (unpaired) electrons. The topological polar surface area (TPSA) is 88.1 Å². The lowest BCUT2D eigenvalue weighted by atomic mass is 9.96. The monoisotopic (exact) mass is 292 g/mol. The summed E-state index contributed by atoms with van der Waals surface area (Å²) in [5.74, 6) is 0.540. The molecular formula is C14H16N2O5. The highest BCUT2D eigenvalue weighted by molar-refractivity contribution is 5.92. The second-order valence-corrected chi connectivity index (χ2v) is 5.27. The largest absolute Gasteiger partial charge is 0.481 e. The van der Waals surface area contributed by atoms with Crippen LogP contribution in [0.15, 0.2) is 18.2 Å². The van der Waals surface area contributed by atoms with Gasteiger partial charge in [-0.3, -0.25) is 14.5 Å². The number of anilines is 1. The molecule has 0 saturated carbocycles. The standard InChI is InChI=1S/C14H16N2O5/c17-13(7-16-5-9(6-16)3-14(18)19)15-10-1-2-11-12(4-10)21-8-20-11/h1-2,4,9H,3,5-8H2,(H,15,17)(H,18,19). The fraction of sp³-hybridized carbons (Fsp3) is 0.429. The van der Waals surface area contributed by atoms with Gasteiger partial charge in [0.2, 0.25) is 12.7 Å². The van der Waals surface area contributed by atoms with E-state index >= 15 is 0 Å². The Hall–Kier alpha value is -2.28. The fourth-order valence-electron chi connectivity index (χ4n) is 2.56. The molecule has 7 nitrogen and oxygen atoms in total. The minimum Gasteiger partial charge on any atom is -0.481 e. The number of benzene rings is 1. The number of amides is 1. The highest BCUT2D eigenvalue weighted by Gasteiger charge is 2.29. The van der Waals surface area contributed by atoms with Gasteiger partial charge in [-0.05, 0) is 18.1 Å². The molecular weight excluding hydrogens is 276 g/mol. The number of carbonyl (C=O) groups excluding carboxylic acids is 1.